The van der Waals surface area contributed by atoms with Gasteiger partial charge in [-0.15, -0.1) is 0 Å². The smallest absolute Gasteiger partial charge is 0.407 e. The zero-order valence-electron chi connectivity index (χ0n) is 15.6. The van der Waals surface area contributed by atoms with Crippen molar-refractivity contribution in [2.75, 3.05) is 13.7 Å². The highest BCUT2D eigenvalue weighted by atomic mass is 16.5. The number of benzene rings is 1. The molecule has 1 N–H and O–H groups in total. The molecule has 0 radical (unpaired) electrons. The molecule has 0 spiro atoms. The molecule has 146 valence electrons. The summed E-state index contributed by atoms with van der Waals surface area (Å²) >= 11 is 0. The van der Waals surface area contributed by atoms with Gasteiger partial charge in [-0.05, 0) is 11.5 Å². The minimum atomic E-state index is -0.991. The summed E-state index contributed by atoms with van der Waals surface area (Å²) < 4.78 is 9.83. The Morgan fingerprint density at radius 1 is 1.22 bits per heavy atom. The summed E-state index contributed by atoms with van der Waals surface area (Å²) in [5, 5.41) is 2.46. The van der Waals surface area contributed by atoms with Gasteiger partial charge >= 0.3 is 12.1 Å². The maximum Gasteiger partial charge on any atom is 0.407 e. The lowest BCUT2D eigenvalue weighted by Crippen LogP contribution is -2.54. The van der Waals surface area contributed by atoms with Crippen molar-refractivity contribution in [3.63, 3.8) is 0 Å². The van der Waals surface area contributed by atoms with Crippen molar-refractivity contribution in [3.05, 3.63) is 35.9 Å². The molecule has 2 atom stereocenters. The Kier molecular flexibility index (Phi) is 6.92. The molecule has 0 aliphatic carbocycles. The van der Waals surface area contributed by atoms with Gasteiger partial charge in [-0.2, -0.15) is 0 Å². The average Bonchev–Trinajstić information content (AvgIpc) is 3.05. The van der Waals surface area contributed by atoms with Crippen LogP contribution in [0.4, 0.5) is 4.79 Å². The molecule has 8 heteroatoms. The first kappa shape index (κ1) is 20.4. The van der Waals surface area contributed by atoms with Crippen molar-refractivity contribution < 1.29 is 28.7 Å². The zero-order valence-corrected chi connectivity index (χ0v) is 15.6. The minimum Gasteiger partial charge on any atom is -0.459 e. The van der Waals surface area contributed by atoms with Crippen molar-refractivity contribution in [3.8, 4) is 0 Å². The number of nitrogens with one attached hydrogen (secondary N) is 1. The quantitative estimate of drug-likeness (QED) is 0.751. The van der Waals surface area contributed by atoms with E-state index in [1.807, 2.05) is 30.3 Å². The Labute approximate surface area is 157 Å². The van der Waals surface area contributed by atoms with Crippen LogP contribution in [0.3, 0.4) is 0 Å². The molecule has 1 heterocycles. The van der Waals surface area contributed by atoms with Crippen LogP contribution in [0, 0.1) is 5.92 Å². The van der Waals surface area contributed by atoms with E-state index in [2.05, 4.69) is 10.1 Å². The van der Waals surface area contributed by atoms with E-state index in [1.54, 1.807) is 13.8 Å². The first-order chi connectivity index (χ1) is 12.8. The summed E-state index contributed by atoms with van der Waals surface area (Å²) in [4.78, 5) is 49.9. The highest BCUT2D eigenvalue weighted by Gasteiger charge is 2.43. The van der Waals surface area contributed by atoms with E-state index in [4.69, 9.17) is 4.74 Å². The fourth-order valence-electron chi connectivity index (χ4n) is 2.84. The van der Waals surface area contributed by atoms with Crippen LogP contribution in [0.15, 0.2) is 30.3 Å². The second-order valence-electron chi connectivity index (χ2n) is 6.68. The van der Waals surface area contributed by atoms with E-state index in [0.717, 1.165) is 5.56 Å². The number of rotatable bonds is 6. The van der Waals surface area contributed by atoms with Crippen LogP contribution in [0.2, 0.25) is 0 Å². The summed E-state index contributed by atoms with van der Waals surface area (Å²) in [6, 6.07) is 7.22. The highest BCUT2D eigenvalue weighted by Crippen LogP contribution is 2.20. The van der Waals surface area contributed by atoms with E-state index in [0.29, 0.717) is 0 Å². The van der Waals surface area contributed by atoms with Crippen LogP contribution < -0.4 is 5.32 Å². The number of nitrogens with zero attached hydrogens (tertiary/aromatic N) is 1. The Balaban J connectivity index is 2.08. The Morgan fingerprint density at radius 2 is 1.89 bits per heavy atom. The Hall–Kier alpha value is -2.90. The number of hydrogen-bond acceptors (Lipinski definition) is 6. The van der Waals surface area contributed by atoms with Gasteiger partial charge in [0.15, 0.2) is 5.78 Å². The summed E-state index contributed by atoms with van der Waals surface area (Å²) in [5.41, 5.74) is 0.806. The van der Waals surface area contributed by atoms with Crippen LogP contribution >= 0.6 is 0 Å². The van der Waals surface area contributed by atoms with Crippen molar-refractivity contribution in [1.29, 1.82) is 0 Å². The standard InChI is InChI=1S/C19H24N2O6/c1-12(2)16(20-19(25)26-3)17(23)21-10-14(22)9-15(21)18(24)27-11-13-7-5-4-6-8-13/h4-8,12,15-16H,9-11H2,1-3H3,(H,20,25). The van der Waals surface area contributed by atoms with Crippen molar-refractivity contribution in [2.45, 2.75) is 39.0 Å². The molecule has 0 bridgehead atoms. The van der Waals surface area contributed by atoms with Crippen molar-refractivity contribution >= 4 is 23.8 Å². The first-order valence-corrected chi connectivity index (χ1v) is 8.70. The number of methoxy groups -OCH3 is 1. The van der Waals surface area contributed by atoms with Gasteiger partial charge in [0, 0.05) is 6.42 Å². The zero-order chi connectivity index (χ0) is 20.0. The molecule has 27 heavy (non-hydrogen) atoms. The lowest BCUT2D eigenvalue weighted by atomic mass is 10.0. The van der Waals surface area contributed by atoms with Crippen LogP contribution in [-0.2, 0) is 30.5 Å². The number of esters is 1. The minimum absolute atomic E-state index is 0.0560. The highest BCUT2D eigenvalue weighted by molar-refractivity contribution is 5.99. The Bertz CT molecular complexity index is 703. The number of likely N-dealkylation sites (tertiary alicyclic amines) is 1. The number of ketones is 1. The molecule has 1 saturated heterocycles. The number of alkyl carbamates (subject to hydrolysis) is 1. The number of ether oxygens (including phenoxy) is 2. The summed E-state index contributed by atoms with van der Waals surface area (Å²) in [6.45, 7) is 3.37. The topological polar surface area (TPSA) is 102 Å². The molecule has 0 aromatic heterocycles. The molecule has 2 rings (SSSR count). The number of amides is 2. The summed E-state index contributed by atoms with van der Waals surface area (Å²) in [7, 11) is 1.19. The predicted molar refractivity (Wildman–Crippen MR) is 95.5 cm³/mol. The van der Waals surface area contributed by atoms with Crippen LogP contribution in [-0.4, -0.2) is 54.4 Å². The molecule has 1 aromatic carbocycles. The van der Waals surface area contributed by atoms with Gasteiger partial charge in [0.05, 0.1) is 13.7 Å². The monoisotopic (exact) mass is 376 g/mol. The van der Waals surface area contributed by atoms with Gasteiger partial charge in [0.1, 0.15) is 18.7 Å². The molecule has 2 amide bonds. The van der Waals surface area contributed by atoms with Gasteiger partial charge in [-0.25, -0.2) is 9.59 Å². The predicted octanol–water partition coefficient (Wildman–Crippen LogP) is 1.28. The van der Waals surface area contributed by atoms with Gasteiger partial charge < -0.3 is 19.7 Å². The number of carbonyl (C=O) groups excluding carboxylic acids is 4. The molecule has 1 aromatic rings. The van der Waals surface area contributed by atoms with Crippen molar-refractivity contribution in [1.82, 2.24) is 10.2 Å². The maximum atomic E-state index is 12.9. The molecule has 8 nitrogen and oxygen atoms in total. The SMILES string of the molecule is COC(=O)NC(C(=O)N1CC(=O)CC1C(=O)OCc1ccccc1)C(C)C. The van der Waals surface area contributed by atoms with Crippen LogP contribution in [0.5, 0.6) is 0 Å². The molecular formula is C19H24N2O6. The van der Waals surface area contributed by atoms with E-state index >= 15 is 0 Å². The van der Waals surface area contributed by atoms with Gasteiger partial charge in [0.25, 0.3) is 0 Å². The van der Waals surface area contributed by atoms with Gasteiger partial charge in [0.2, 0.25) is 5.91 Å². The van der Waals surface area contributed by atoms with Crippen LogP contribution in [0.25, 0.3) is 0 Å². The third-order valence-corrected chi connectivity index (χ3v) is 4.31. The fraction of sp³-hybridized carbons (Fsp3) is 0.474. The lowest BCUT2D eigenvalue weighted by molar-refractivity contribution is -0.155. The first-order valence-electron chi connectivity index (χ1n) is 8.70. The van der Waals surface area contributed by atoms with E-state index in [9.17, 15) is 19.2 Å². The van der Waals surface area contributed by atoms with Crippen molar-refractivity contribution in [2.24, 2.45) is 5.92 Å². The largest absolute Gasteiger partial charge is 0.459 e. The van der Waals surface area contributed by atoms with E-state index < -0.39 is 30.1 Å². The second-order valence-corrected chi connectivity index (χ2v) is 6.68. The lowest BCUT2D eigenvalue weighted by Gasteiger charge is -2.29. The number of Topliss-reactive ketones (excluding diaryl/α,β-unsaturated/α-hetero) is 1. The third kappa shape index (κ3) is 5.29. The second kappa shape index (κ2) is 9.16. The number of hydrogen-bond donors (Lipinski definition) is 1. The molecular weight excluding hydrogens is 352 g/mol. The average molecular weight is 376 g/mol. The van der Waals surface area contributed by atoms with E-state index in [1.165, 1.54) is 12.0 Å². The molecule has 1 aliphatic heterocycles. The van der Waals surface area contributed by atoms with E-state index in [-0.39, 0.29) is 31.3 Å². The number of carbonyl (C=O) groups is 4. The van der Waals surface area contributed by atoms with Crippen LogP contribution in [0.1, 0.15) is 25.8 Å². The molecule has 2 unspecified atom stereocenters. The fourth-order valence-corrected chi connectivity index (χ4v) is 2.84. The normalized spacial score (nSPS) is 17.6. The molecule has 1 fully saturated rings. The van der Waals surface area contributed by atoms with Gasteiger partial charge in [-0.3, -0.25) is 9.59 Å². The summed E-state index contributed by atoms with van der Waals surface area (Å²) in [5.74, 6) is -1.64. The van der Waals surface area contributed by atoms with Gasteiger partial charge in [-0.1, -0.05) is 44.2 Å². The molecule has 0 saturated carbocycles. The summed E-state index contributed by atoms with van der Waals surface area (Å²) in [6.07, 6.45) is -0.849. The third-order valence-electron chi connectivity index (χ3n) is 4.31. The molecule has 1 aliphatic rings. The maximum absolute atomic E-state index is 12.9. The Morgan fingerprint density at radius 3 is 2.48 bits per heavy atom.